The van der Waals surface area contributed by atoms with Crippen molar-refractivity contribution < 1.29 is 4.42 Å². The third kappa shape index (κ3) is 2.39. The molecule has 0 aliphatic heterocycles. The van der Waals surface area contributed by atoms with Crippen molar-refractivity contribution in [2.24, 2.45) is 0 Å². The van der Waals surface area contributed by atoms with E-state index in [1.165, 1.54) is 0 Å². The zero-order valence-corrected chi connectivity index (χ0v) is 9.61. The van der Waals surface area contributed by atoms with Gasteiger partial charge < -0.3 is 14.7 Å². The molecule has 2 rings (SSSR count). The van der Waals surface area contributed by atoms with E-state index < -0.39 is 0 Å². The van der Waals surface area contributed by atoms with Gasteiger partial charge in [0.1, 0.15) is 5.82 Å². The van der Waals surface area contributed by atoms with E-state index in [0.717, 1.165) is 5.82 Å². The Kier molecular flexibility index (Phi) is 2.64. The number of aromatic amines is 1. The Bertz CT molecular complexity index is 440. The zero-order valence-electron chi connectivity index (χ0n) is 9.61. The third-order valence-corrected chi connectivity index (χ3v) is 2.03. The summed E-state index contributed by atoms with van der Waals surface area (Å²) in [6.45, 7) is 6.61. The molecule has 6 nitrogen and oxygen atoms in total. The Hall–Kier alpha value is -1.85. The normalized spacial score (nSPS) is 11.7. The maximum Gasteiger partial charge on any atom is 0.315 e. The first kappa shape index (κ1) is 10.7. The molecular weight excluding hydrogens is 206 g/mol. The molecule has 0 atom stereocenters. The van der Waals surface area contributed by atoms with Crippen LogP contribution < -0.4 is 5.32 Å². The van der Waals surface area contributed by atoms with Crippen LogP contribution in [-0.4, -0.2) is 20.2 Å². The van der Waals surface area contributed by atoms with Crippen LogP contribution in [0.3, 0.4) is 0 Å². The van der Waals surface area contributed by atoms with E-state index in [9.17, 15) is 0 Å². The molecule has 0 aliphatic rings. The lowest BCUT2D eigenvalue weighted by atomic mass is 9.97. The first-order valence-corrected chi connectivity index (χ1v) is 5.12. The topological polar surface area (TPSA) is 79.6 Å². The number of imidazole rings is 1. The smallest absolute Gasteiger partial charge is 0.315 e. The first-order chi connectivity index (χ1) is 7.55. The molecule has 16 heavy (non-hydrogen) atoms. The minimum atomic E-state index is -0.127. The van der Waals surface area contributed by atoms with Crippen LogP contribution >= 0.6 is 0 Å². The summed E-state index contributed by atoms with van der Waals surface area (Å²) in [5.41, 5.74) is -0.127. The molecule has 2 aromatic rings. The highest BCUT2D eigenvalue weighted by molar-refractivity contribution is 5.19. The van der Waals surface area contributed by atoms with Crippen LogP contribution in [0.5, 0.6) is 0 Å². The van der Waals surface area contributed by atoms with Gasteiger partial charge in [-0.1, -0.05) is 25.9 Å². The highest BCUT2D eigenvalue weighted by atomic mass is 16.4. The van der Waals surface area contributed by atoms with E-state index in [4.69, 9.17) is 4.42 Å². The van der Waals surface area contributed by atoms with Gasteiger partial charge in [-0.3, -0.25) is 0 Å². The fourth-order valence-electron chi connectivity index (χ4n) is 1.15. The lowest BCUT2D eigenvalue weighted by Gasteiger charge is -2.10. The van der Waals surface area contributed by atoms with Crippen molar-refractivity contribution in [2.45, 2.75) is 32.7 Å². The van der Waals surface area contributed by atoms with Crippen molar-refractivity contribution in [3.8, 4) is 0 Å². The van der Waals surface area contributed by atoms with Gasteiger partial charge in [-0.15, -0.1) is 5.10 Å². The van der Waals surface area contributed by atoms with Gasteiger partial charge in [0.15, 0.2) is 0 Å². The van der Waals surface area contributed by atoms with E-state index in [-0.39, 0.29) is 5.41 Å². The quantitative estimate of drug-likeness (QED) is 0.824. The zero-order chi connectivity index (χ0) is 11.6. The first-order valence-electron chi connectivity index (χ1n) is 5.12. The van der Waals surface area contributed by atoms with Crippen molar-refractivity contribution in [3.63, 3.8) is 0 Å². The van der Waals surface area contributed by atoms with Gasteiger partial charge in [-0.05, 0) is 0 Å². The molecule has 2 aromatic heterocycles. The van der Waals surface area contributed by atoms with Gasteiger partial charge in [0.2, 0.25) is 5.89 Å². The monoisotopic (exact) mass is 221 g/mol. The minimum Gasteiger partial charge on any atom is -0.408 e. The van der Waals surface area contributed by atoms with E-state index in [2.05, 4.69) is 25.5 Å². The van der Waals surface area contributed by atoms with Crippen LogP contribution in [0, 0.1) is 0 Å². The second kappa shape index (κ2) is 3.96. The maximum absolute atomic E-state index is 5.47. The van der Waals surface area contributed by atoms with Crippen molar-refractivity contribution in [1.82, 2.24) is 20.2 Å². The van der Waals surface area contributed by atoms with Gasteiger partial charge in [0.05, 0.1) is 6.54 Å². The summed E-state index contributed by atoms with van der Waals surface area (Å²) in [5, 5.41) is 10.9. The Morgan fingerprint density at radius 1 is 1.38 bits per heavy atom. The average molecular weight is 221 g/mol. The van der Waals surface area contributed by atoms with Gasteiger partial charge in [0, 0.05) is 17.8 Å². The van der Waals surface area contributed by atoms with Crippen LogP contribution in [0.2, 0.25) is 0 Å². The number of aromatic nitrogens is 4. The molecule has 0 bridgehead atoms. The predicted molar refractivity (Wildman–Crippen MR) is 58.9 cm³/mol. The van der Waals surface area contributed by atoms with Crippen LogP contribution in [0.25, 0.3) is 0 Å². The molecular formula is C10H15N5O. The summed E-state index contributed by atoms with van der Waals surface area (Å²) in [7, 11) is 0. The minimum absolute atomic E-state index is 0.127. The third-order valence-electron chi connectivity index (χ3n) is 2.03. The maximum atomic E-state index is 5.47. The lowest BCUT2D eigenvalue weighted by molar-refractivity contribution is 0.399. The van der Waals surface area contributed by atoms with Crippen LogP contribution in [0.4, 0.5) is 6.01 Å². The highest BCUT2D eigenvalue weighted by Crippen LogP contribution is 2.21. The second-order valence-electron chi connectivity index (χ2n) is 4.55. The SMILES string of the molecule is CC(C)(C)c1nnc(NCc2ncc[nH]2)o1. The predicted octanol–water partition coefficient (Wildman–Crippen LogP) is 1.70. The largest absolute Gasteiger partial charge is 0.408 e. The second-order valence-corrected chi connectivity index (χ2v) is 4.55. The Morgan fingerprint density at radius 3 is 2.75 bits per heavy atom. The van der Waals surface area contributed by atoms with Crippen LogP contribution in [0.1, 0.15) is 32.5 Å². The Balaban J connectivity index is 1.98. The number of H-pyrrole nitrogens is 1. The summed E-state index contributed by atoms with van der Waals surface area (Å²) < 4.78 is 5.47. The van der Waals surface area contributed by atoms with Crippen molar-refractivity contribution in [3.05, 3.63) is 24.1 Å². The number of hydrogen-bond donors (Lipinski definition) is 2. The van der Waals surface area contributed by atoms with Crippen molar-refractivity contribution in [2.75, 3.05) is 5.32 Å². The molecule has 0 saturated heterocycles. The lowest BCUT2D eigenvalue weighted by Crippen LogP contribution is -2.11. The van der Waals surface area contributed by atoms with E-state index >= 15 is 0 Å². The summed E-state index contributed by atoms with van der Waals surface area (Å²) in [4.78, 5) is 7.06. The highest BCUT2D eigenvalue weighted by Gasteiger charge is 2.21. The van der Waals surface area contributed by atoms with Crippen LogP contribution in [0.15, 0.2) is 16.8 Å². The Morgan fingerprint density at radius 2 is 2.19 bits per heavy atom. The molecule has 0 saturated carbocycles. The standard InChI is InChI=1S/C10H15N5O/c1-10(2,3)8-14-15-9(16-8)13-6-7-11-4-5-12-7/h4-5H,6H2,1-3H3,(H,11,12)(H,13,15). The van der Waals surface area contributed by atoms with E-state index in [1.54, 1.807) is 12.4 Å². The molecule has 0 spiro atoms. The fourth-order valence-corrected chi connectivity index (χ4v) is 1.15. The van der Waals surface area contributed by atoms with Gasteiger partial charge in [0.25, 0.3) is 0 Å². The molecule has 0 aromatic carbocycles. The molecule has 0 radical (unpaired) electrons. The summed E-state index contributed by atoms with van der Waals surface area (Å²) in [5.74, 6) is 1.45. The fraction of sp³-hybridized carbons (Fsp3) is 0.500. The molecule has 6 heteroatoms. The molecule has 86 valence electrons. The summed E-state index contributed by atoms with van der Waals surface area (Å²) >= 11 is 0. The number of nitrogens with zero attached hydrogens (tertiary/aromatic N) is 3. The molecule has 0 fully saturated rings. The van der Waals surface area contributed by atoms with E-state index in [0.29, 0.717) is 18.5 Å². The average Bonchev–Trinajstić information content (AvgIpc) is 2.85. The summed E-state index contributed by atoms with van der Waals surface area (Å²) in [6, 6.07) is 0.418. The number of anilines is 1. The van der Waals surface area contributed by atoms with Gasteiger partial charge in [-0.2, -0.15) is 0 Å². The van der Waals surface area contributed by atoms with Crippen molar-refractivity contribution >= 4 is 6.01 Å². The van der Waals surface area contributed by atoms with Gasteiger partial charge in [-0.25, -0.2) is 4.98 Å². The molecule has 2 N–H and O–H groups in total. The number of nitrogens with one attached hydrogen (secondary N) is 2. The van der Waals surface area contributed by atoms with Gasteiger partial charge >= 0.3 is 6.01 Å². The van der Waals surface area contributed by atoms with Crippen molar-refractivity contribution in [1.29, 1.82) is 0 Å². The molecule has 0 aliphatic carbocycles. The Labute approximate surface area is 93.5 Å². The van der Waals surface area contributed by atoms with E-state index in [1.807, 2.05) is 20.8 Å². The number of hydrogen-bond acceptors (Lipinski definition) is 5. The van der Waals surface area contributed by atoms with Crippen LogP contribution in [-0.2, 0) is 12.0 Å². The number of rotatable bonds is 3. The molecule has 0 amide bonds. The molecule has 2 heterocycles. The molecule has 0 unspecified atom stereocenters. The summed E-state index contributed by atoms with van der Waals surface area (Å²) in [6.07, 6.45) is 3.47.